The number of aromatic nitrogens is 3. The third-order valence-corrected chi connectivity index (χ3v) is 3.17. The molecule has 0 saturated heterocycles. The molecule has 0 aliphatic carbocycles. The summed E-state index contributed by atoms with van der Waals surface area (Å²) in [4.78, 5) is 0. The Kier molecular flexibility index (Phi) is 3.60. The Bertz CT molecular complexity index is 704. The molecular weight excluding hydrogens is 254 g/mol. The van der Waals surface area contributed by atoms with Crippen LogP contribution >= 0.6 is 0 Å². The first-order valence-corrected chi connectivity index (χ1v) is 6.47. The Morgan fingerprint density at radius 1 is 1.10 bits per heavy atom. The van der Waals surface area contributed by atoms with Crippen LogP contribution in [0.5, 0.6) is 5.75 Å². The molecule has 1 aromatic heterocycles. The Labute approximate surface area is 116 Å². The molecule has 0 amide bonds. The molecule has 2 aromatic carbocycles. The molecule has 3 aromatic rings. The molecule has 5 heteroatoms. The van der Waals surface area contributed by atoms with E-state index in [1.807, 2.05) is 30.3 Å². The van der Waals surface area contributed by atoms with Crippen molar-refractivity contribution < 1.29 is 9.84 Å². The van der Waals surface area contributed by atoms with Gasteiger partial charge in [-0.2, -0.15) is 0 Å². The van der Waals surface area contributed by atoms with E-state index in [1.165, 1.54) is 0 Å². The smallest absolute Gasteiger partial charge is 0.127 e. The van der Waals surface area contributed by atoms with Gasteiger partial charge < -0.3 is 9.84 Å². The predicted octanol–water partition coefficient (Wildman–Crippen LogP) is 2.00. The summed E-state index contributed by atoms with van der Waals surface area (Å²) in [5.41, 5.74) is 0.687. The van der Waals surface area contributed by atoms with Gasteiger partial charge in [0.15, 0.2) is 0 Å². The third kappa shape index (κ3) is 2.48. The molecule has 1 N–H and O–H groups in total. The average Bonchev–Trinajstić information content (AvgIpc) is 2.95. The molecule has 0 spiro atoms. The van der Waals surface area contributed by atoms with E-state index in [0.717, 1.165) is 16.5 Å². The van der Waals surface area contributed by atoms with Crippen LogP contribution in [-0.4, -0.2) is 26.7 Å². The van der Waals surface area contributed by atoms with Gasteiger partial charge in [-0.3, -0.25) is 0 Å². The van der Waals surface area contributed by atoms with E-state index < -0.39 is 0 Å². The maximum absolute atomic E-state index is 9.12. The number of ether oxygens (including phenoxy) is 1. The van der Waals surface area contributed by atoms with Crippen LogP contribution in [-0.2, 0) is 13.2 Å². The lowest BCUT2D eigenvalue weighted by atomic mass is 10.1. The number of aliphatic hydroxyl groups is 1. The van der Waals surface area contributed by atoms with Crippen molar-refractivity contribution in [3.8, 4) is 5.75 Å². The molecule has 0 aliphatic heterocycles. The number of fused-ring (bicyclic) bond motifs is 1. The van der Waals surface area contributed by atoms with Gasteiger partial charge in [-0.1, -0.05) is 41.6 Å². The summed E-state index contributed by atoms with van der Waals surface area (Å²) in [5, 5.41) is 19.0. The van der Waals surface area contributed by atoms with Gasteiger partial charge >= 0.3 is 0 Å². The minimum atomic E-state index is -0.0682. The standard InChI is InChI=1S/C15H15N3O2/c19-11-13-10-16-17-18(13)8-9-20-15-7-3-5-12-4-1-2-6-14(12)15/h1-7,10,19H,8-9,11H2. The van der Waals surface area contributed by atoms with Gasteiger partial charge in [0.2, 0.25) is 0 Å². The molecule has 5 nitrogen and oxygen atoms in total. The van der Waals surface area contributed by atoms with Crippen LogP contribution in [0.2, 0.25) is 0 Å². The van der Waals surface area contributed by atoms with E-state index in [-0.39, 0.29) is 6.61 Å². The second-order valence-corrected chi connectivity index (χ2v) is 4.43. The molecule has 0 radical (unpaired) electrons. The first-order valence-electron chi connectivity index (χ1n) is 6.47. The van der Waals surface area contributed by atoms with E-state index in [1.54, 1.807) is 10.9 Å². The Morgan fingerprint density at radius 3 is 2.85 bits per heavy atom. The lowest BCUT2D eigenvalue weighted by Crippen LogP contribution is -2.12. The van der Waals surface area contributed by atoms with E-state index in [4.69, 9.17) is 9.84 Å². The summed E-state index contributed by atoms with van der Waals surface area (Å²) >= 11 is 0. The summed E-state index contributed by atoms with van der Waals surface area (Å²) in [6, 6.07) is 14.1. The summed E-state index contributed by atoms with van der Waals surface area (Å²) < 4.78 is 7.47. The number of hydrogen-bond acceptors (Lipinski definition) is 4. The fourth-order valence-corrected chi connectivity index (χ4v) is 2.15. The lowest BCUT2D eigenvalue weighted by molar-refractivity contribution is 0.253. The molecule has 0 unspecified atom stereocenters. The van der Waals surface area contributed by atoms with Gasteiger partial charge in [0.1, 0.15) is 12.4 Å². The monoisotopic (exact) mass is 269 g/mol. The largest absolute Gasteiger partial charge is 0.491 e. The van der Waals surface area contributed by atoms with Gasteiger partial charge in [0.25, 0.3) is 0 Å². The summed E-state index contributed by atoms with van der Waals surface area (Å²) in [7, 11) is 0. The first-order chi connectivity index (χ1) is 9.88. The van der Waals surface area contributed by atoms with Crippen LogP contribution in [0.3, 0.4) is 0 Å². The van der Waals surface area contributed by atoms with Crippen LogP contribution in [0.4, 0.5) is 0 Å². The highest BCUT2D eigenvalue weighted by Crippen LogP contribution is 2.24. The second-order valence-electron chi connectivity index (χ2n) is 4.43. The van der Waals surface area contributed by atoms with E-state index in [9.17, 15) is 0 Å². The number of nitrogens with zero attached hydrogens (tertiary/aromatic N) is 3. The molecule has 3 rings (SSSR count). The van der Waals surface area contributed by atoms with Crippen molar-refractivity contribution in [2.24, 2.45) is 0 Å². The molecule has 20 heavy (non-hydrogen) atoms. The quantitative estimate of drug-likeness (QED) is 0.769. The van der Waals surface area contributed by atoms with Gasteiger partial charge in [0.05, 0.1) is 25.0 Å². The maximum atomic E-state index is 9.12. The molecule has 0 aliphatic rings. The molecule has 102 valence electrons. The lowest BCUT2D eigenvalue weighted by Gasteiger charge is -2.10. The van der Waals surface area contributed by atoms with Crippen molar-refractivity contribution in [2.45, 2.75) is 13.2 Å². The SMILES string of the molecule is OCc1cnnn1CCOc1cccc2ccccc12. The fourth-order valence-electron chi connectivity index (χ4n) is 2.15. The van der Waals surface area contributed by atoms with E-state index in [2.05, 4.69) is 22.4 Å². The van der Waals surface area contributed by atoms with E-state index in [0.29, 0.717) is 18.8 Å². The van der Waals surface area contributed by atoms with Crippen LogP contribution < -0.4 is 4.74 Å². The molecule has 1 heterocycles. The number of aliphatic hydroxyl groups excluding tert-OH is 1. The Morgan fingerprint density at radius 2 is 1.95 bits per heavy atom. The van der Waals surface area contributed by atoms with Crippen molar-refractivity contribution in [2.75, 3.05) is 6.61 Å². The average molecular weight is 269 g/mol. The number of rotatable bonds is 5. The summed E-state index contributed by atoms with van der Waals surface area (Å²) in [5.74, 6) is 0.855. The van der Waals surface area contributed by atoms with Crippen LogP contribution in [0, 0.1) is 0 Å². The van der Waals surface area contributed by atoms with Gasteiger partial charge in [-0.25, -0.2) is 4.68 Å². The van der Waals surface area contributed by atoms with Gasteiger partial charge in [-0.15, -0.1) is 5.10 Å². The molecule has 0 atom stereocenters. The number of benzene rings is 2. The Balaban J connectivity index is 1.71. The molecule has 0 fully saturated rings. The van der Waals surface area contributed by atoms with Crippen molar-refractivity contribution in [1.29, 1.82) is 0 Å². The van der Waals surface area contributed by atoms with Crippen molar-refractivity contribution >= 4 is 10.8 Å². The maximum Gasteiger partial charge on any atom is 0.127 e. The minimum Gasteiger partial charge on any atom is -0.491 e. The highest BCUT2D eigenvalue weighted by molar-refractivity contribution is 5.88. The summed E-state index contributed by atoms with van der Waals surface area (Å²) in [6.07, 6.45) is 1.55. The zero-order chi connectivity index (χ0) is 13.8. The second kappa shape index (κ2) is 5.71. The number of hydrogen-bond donors (Lipinski definition) is 1. The van der Waals surface area contributed by atoms with Crippen molar-refractivity contribution in [3.63, 3.8) is 0 Å². The highest BCUT2D eigenvalue weighted by Gasteiger charge is 2.04. The zero-order valence-corrected chi connectivity index (χ0v) is 10.9. The van der Waals surface area contributed by atoms with Gasteiger partial charge in [0, 0.05) is 5.39 Å². The van der Waals surface area contributed by atoms with Crippen LogP contribution in [0.15, 0.2) is 48.7 Å². The zero-order valence-electron chi connectivity index (χ0n) is 10.9. The summed E-state index contributed by atoms with van der Waals surface area (Å²) in [6.45, 7) is 0.963. The minimum absolute atomic E-state index is 0.0682. The predicted molar refractivity (Wildman–Crippen MR) is 75.4 cm³/mol. The normalized spacial score (nSPS) is 10.8. The van der Waals surface area contributed by atoms with Crippen LogP contribution in [0.1, 0.15) is 5.69 Å². The van der Waals surface area contributed by atoms with E-state index >= 15 is 0 Å². The highest BCUT2D eigenvalue weighted by atomic mass is 16.5. The van der Waals surface area contributed by atoms with Crippen molar-refractivity contribution in [1.82, 2.24) is 15.0 Å². The topological polar surface area (TPSA) is 60.2 Å². The molecule has 0 saturated carbocycles. The van der Waals surface area contributed by atoms with Gasteiger partial charge in [-0.05, 0) is 11.5 Å². The van der Waals surface area contributed by atoms with Crippen molar-refractivity contribution in [3.05, 3.63) is 54.4 Å². The Hall–Kier alpha value is -2.40. The molecular formula is C15H15N3O2. The molecule has 0 bridgehead atoms. The fraction of sp³-hybridized carbons (Fsp3) is 0.200. The third-order valence-electron chi connectivity index (χ3n) is 3.17. The van der Waals surface area contributed by atoms with Crippen LogP contribution in [0.25, 0.3) is 10.8 Å². The first kappa shape index (κ1) is 12.6.